The number of nitrogens with zero attached hydrogens (tertiary/aromatic N) is 1. The molecule has 0 saturated carbocycles. The lowest BCUT2D eigenvalue weighted by atomic mass is 10.3. The zero-order chi connectivity index (χ0) is 13.1. The highest BCUT2D eigenvalue weighted by Crippen LogP contribution is 2.01. The summed E-state index contributed by atoms with van der Waals surface area (Å²) >= 11 is 0. The third-order valence-electron chi connectivity index (χ3n) is 2.39. The number of nitrogens with one attached hydrogen (secondary N) is 1. The molecule has 19 heavy (non-hydrogen) atoms. The van der Waals surface area contributed by atoms with Gasteiger partial charge in [-0.05, 0) is 25.0 Å². The maximum Gasteiger partial charge on any atom is 0.188 e. The van der Waals surface area contributed by atoms with Crippen LogP contribution in [-0.4, -0.2) is 25.7 Å². The highest BCUT2D eigenvalue weighted by molar-refractivity contribution is 14.0. The molecule has 0 amide bonds. The summed E-state index contributed by atoms with van der Waals surface area (Å²) in [5, 5.41) is 3.07. The van der Waals surface area contributed by atoms with Crippen LogP contribution in [0.1, 0.15) is 31.9 Å². The third-order valence-corrected chi connectivity index (χ3v) is 2.39. The van der Waals surface area contributed by atoms with Crippen molar-refractivity contribution in [2.45, 2.75) is 32.8 Å². The molecular formula is C13H24IN3O2. The van der Waals surface area contributed by atoms with E-state index in [9.17, 15) is 0 Å². The Labute approximate surface area is 132 Å². The van der Waals surface area contributed by atoms with E-state index in [0.717, 1.165) is 31.6 Å². The summed E-state index contributed by atoms with van der Waals surface area (Å²) in [6.07, 6.45) is 4.77. The van der Waals surface area contributed by atoms with Gasteiger partial charge in [-0.15, -0.1) is 24.0 Å². The summed E-state index contributed by atoms with van der Waals surface area (Å²) in [5.74, 6) is 1.37. The van der Waals surface area contributed by atoms with Crippen LogP contribution in [0.4, 0.5) is 0 Å². The number of nitrogens with two attached hydrogens (primary N) is 1. The fourth-order valence-electron chi connectivity index (χ4n) is 1.38. The molecule has 0 saturated heterocycles. The Morgan fingerprint density at radius 2 is 2.32 bits per heavy atom. The lowest BCUT2D eigenvalue weighted by Crippen LogP contribution is -2.32. The molecule has 1 aromatic rings. The second-order valence-electron chi connectivity index (χ2n) is 4.03. The van der Waals surface area contributed by atoms with Gasteiger partial charge in [0, 0.05) is 19.7 Å². The largest absolute Gasteiger partial charge is 0.467 e. The van der Waals surface area contributed by atoms with Crippen molar-refractivity contribution in [3.63, 3.8) is 0 Å². The smallest absolute Gasteiger partial charge is 0.188 e. The summed E-state index contributed by atoms with van der Waals surface area (Å²) in [4.78, 5) is 4.21. The SMILES string of the molecule is CCCCNC(N)=NCCCOCc1ccco1.I. The van der Waals surface area contributed by atoms with Crippen LogP contribution < -0.4 is 11.1 Å². The molecule has 0 bridgehead atoms. The molecule has 0 fully saturated rings. The van der Waals surface area contributed by atoms with Gasteiger partial charge in [-0.3, -0.25) is 4.99 Å². The molecule has 110 valence electrons. The van der Waals surface area contributed by atoms with Crippen molar-refractivity contribution >= 4 is 29.9 Å². The van der Waals surface area contributed by atoms with Gasteiger partial charge in [0.15, 0.2) is 5.96 Å². The van der Waals surface area contributed by atoms with Crippen molar-refractivity contribution in [1.29, 1.82) is 0 Å². The van der Waals surface area contributed by atoms with Gasteiger partial charge in [0.25, 0.3) is 0 Å². The first-order valence-corrected chi connectivity index (χ1v) is 6.47. The predicted molar refractivity (Wildman–Crippen MR) is 87.8 cm³/mol. The van der Waals surface area contributed by atoms with E-state index in [1.165, 1.54) is 0 Å². The Bertz CT molecular complexity index is 329. The molecule has 5 nitrogen and oxygen atoms in total. The van der Waals surface area contributed by atoms with Crippen LogP contribution in [0.2, 0.25) is 0 Å². The van der Waals surface area contributed by atoms with E-state index in [2.05, 4.69) is 17.2 Å². The molecule has 1 aromatic heterocycles. The maximum atomic E-state index is 5.69. The van der Waals surface area contributed by atoms with E-state index in [4.69, 9.17) is 14.9 Å². The van der Waals surface area contributed by atoms with E-state index >= 15 is 0 Å². The zero-order valence-electron chi connectivity index (χ0n) is 11.4. The number of rotatable bonds is 9. The van der Waals surface area contributed by atoms with Gasteiger partial charge in [-0.2, -0.15) is 0 Å². The average Bonchev–Trinajstić information content (AvgIpc) is 2.87. The first-order valence-electron chi connectivity index (χ1n) is 6.47. The lowest BCUT2D eigenvalue weighted by Gasteiger charge is -2.04. The van der Waals surface area contributed by atoms with E-state index in [-0.39, 0.29) is 24.0 Å². The topological polar surface area (TPSA) is 72.8 Å². The van der Waals surface area contributed by atoms with Gasteiger partial charge in [-0.25, -0.2) is 0 Å². The van der Waals surface area contributed by atoms with Crippen LogP contribution >= 0.6 is 24.0 Å². The highest BCUT2D eigenvalue weighted by atomic mass is 127. The van der Waals surface area contributed by atoms with Crippen molar-refractivity contribution in [3.8, 4) is 0 Å². The first kappa shape index (κ1) is 18.2. The second kappa shape index (κ2) is 12.3. The van der Waals surface area contributed by atoms with Crippen LogP contribution in [0.5, 0.6) is 0 Å². The summed E-state index contributed by atoms with van der Waals surface area (Å²) < 4.78 is 10.6. The van der Waals surface area contributed by atoms with Gasteiger partial charge in [0.05, 0.1) is 6.26 Å². The minimum absolute atomic E-state index is 0. The number of furan rings is 1. The Hall–Kier alpha value is -0.760. The fraction of sp³-hybridized carbons (Fsp3) is 0.615. The number of hydrogen-bond donors (Lipinski definition) is 2. The monoisotopic (exact) mass is 381 g/mol. The summed E-state index contributed by atoms with van der Waals surface area (Å²) in [7, 11) is 0. The first-order chi connectivity index (χ1) is 8.83. The predicted octanol–water partition coefficient (Wildman–Crippen LogP) is 2.51. The number of guanidine groups is 1. The lowest BCUT2D eigenvalue weighted by molar-refractivity contribution is 0.105. The van der Waals surface area contributed by atoms with E-state index in [1.807, 2.05) is 12.1 Å². The van der Waals surface area contributed by atoms with Crippen LogP contribution in [-0.2, 0) is 11.3 Å². The molecule has 0 radical (unpaired) electrons. The molecule has 0 aromatic carbocycles. The zero-order valence-corrected chi connectivity index (χ0v) is 13.8. The standard InChI is InChI=1S/C13H23N3O2.HI/c1-2-3-7-15-13(14)16-8-5-9-17-11-12-6-4-10-18-12;/h4,6,10H,2-3,5,7-9,11H2,1H3,(H3,14,15,16);1H. The molecule has 1 heterocycles. The highest BCUT2D eigenvalue weighted by Gasteiger charge is 1.95. The molecule has 0 atom stereocenters. The van der Waals surface area contributed by atoms with Crippen LogP contribution in [0.3, 0.4) is 0 Å². The van der Waals surface area contributed by atoms with Gasteiger partial charge < -0.3 is 20.2 Å². The normalized spacial score (nSPS) is 11.1. The number of hydrogen-bond acceptors (Lipinski definition) is 3. The molecule has 0 aliphatic rings. The minimum Gasteiger partial charge on any atom is -0.467 e. The van der Waals surface area contributed by atoms with Crippen molar-refractivity contribution < 1.29 is 9.15 Å². The Kier molecular flexibility index (Phi) is 11.8. The van der Waals surface area contributed by atoms with Crippen LogP contribution in [0.15, 0.2) is 27.8 Å². The molecule has 3 N–H and O–H groups in total. The van der Waals surface area contributed by atoms with Crippen LogP contribution in [0.25, 0.3) is 0 Å². The van der Waals surface area contributed by atoms with Crippen molar-refractivity contribution in [3.05, 3.63) is 24.2 Å². The Balaban J connectivity index is 0.00000324. The van der Waals surface area contributed by atoms with E-state index < -0.39 is 0 Å². The number of ether oxygens (including phenoxy) is 1. The fourth-order valence-corrected chi connectivity index (χ4v) is 1.38. The van der Waals surface area contributed by atoms with Gasteiger partial charge in [0.1, 0.15) is 12.4 Å². The van der Waals surface area contributed by atoms with Crippen LogP contribution in [0, 0.1) is 0 Å². The molecule has 6 heteroatoms. The van der Waals surface area contributed by atoms with Crippen molar-refractivity contribution in [2.75, 3.05) is 19.7 Å². The van der Waals surface area contributed by atoms with Crippen molar-refractivity contribution in [1.82, 2.24) is 5.32 Å². The number of halogens is 1. The quantitative estimate of drug-likeness (QED) is 0.298. The minimum atomic E-state index is 0. The second-order valence-corrected chi connectivity index (χ2v) is 4.03. The Morgan fingerprint density at radius 3 is 3.00 bits per heavy atom. The summed E-state index contributed by atoms with van der Waals surface area (Å²) in [6, 6.07) is 3.75. The molecule has 0 spiro atoms. The maximum absolute atomic E-state index is 5.69. The number of unbranched alkanes of at least 4 members (excludes halogenated alkanes) is 1. The Morgan fingerprint density at radius 1 is 1.47 bits per heavy atom. The van der Waals surface area contributed by atoms with Crippen molar-refractivity contribution in [2.24, 2.45) is 10.7 Å². The summed E-state index contributed by atoms with van der Waals surface area (Å²) in [5.41, 5.74) is 5.69. The molecule has 1 rings (SSSR count). The third kappa shape index (κ3) is 9.77. The molecular weight excluding hydrogens is 357 g/mol. The summed E-state index contributed by atoms with van der Waals surface area (Å²) in [6.45, 7) is 4.89. The van der Waals surface area contributed by atoms with Gasteiger partial charge in [0.2, 0.25) is 0 Å². The molecule has 0 aliphatic heterocycles. The molecule has 0 unspecified atom stereocenters. The van der Waals surface area contributed by atoms with Gasteiger partial charge in [-0.1, -0.05) is 13.3 Å². The van der Waals surface area contributed by atoms with E-state index in [1.54, 1.807) is 6.26 Å². The number of aliphatic imine (C=N–C) groups is 1. The molecule has 0 aliphatic carbocycles. The van der Waals surface area contributed by atoms with E-state index in [0.29, 0.717) is 25.7 Å². The van der Waals surface area contributed by atoms with Gasteiger partial charge >= 0.3 is 0 Å². The average molecular weight is 381 g/mol.